The Morgan fingerprint density at radius 1 is 1.62 bits per heavy atom. The molecule has 1 rings (SSSR count). The Kier molecular flexibility index (Phi) is 3.33. The Labute approximate surface area is 89.7 Å². The molecule has 0 heterocycles. The van der Waals surface area contributed by atoms with E-state index in [2.05, 4.69) is 15.9 Å². The van der Waals surface area contributed by atoms with Gasteiger partial charge in [-0.15, -0.1) is 0 Å². The third-order valence-corrected chi connectivity index (χ3v) is 3.36. The van der Waals surface area contributed by atoms with Crippen molar-refractivity contribution >= 4 is 33.5 Å². The van der Waals surface area contributed by atoms with Gasteiger partial charge >= 0.3 is 5.97 Å². The van der Waals surface area contributed by atoms with Crippen LogP contribution in [0, 0.1) is 6.92 Å². The van der Waals surface area contributed by atoms with Crippen LogP contribution in [-0.4, -0.2) is 11.1 Å². The zero-order valence-electron chi connectivity index (χ0n) is 6.97. The maximum absolute atomic E-state index is 10.5. The number of halogens is 2. The zero-order valence-corrected chi connectivity index (χ0v) is 9.32. The molecule has 0 saturated carbocycles. The van der Waals surface area contributed by atoms with Crippen LogP contribution >= 0.6 is 27.5 Å². The largest absolute Gasteiger partial charge is 0.481 e. The number of carboxylic acid groups (broad SMARTS) is 1. The fourth-order valence-electron chi connectivity index (χ4n) is 1.05. The Morgan fingerprint density at radius 3 is 2.77 bits per heavy atom. The van der Waals surface area contributed by atoms with Gasteiger partial charge in [0.05, 0.1) is 11.4 Å². The first kappa shape index (κ1) is 10.5. The molecule has 0 spiro atoms. The second-order valence-electron chi connectivity index (χ2n) is 2.72. The van der Waals surface area contributed by atoms with Gasteiger partial charge in [-0.2, -0.15) is 0 Å². The number of carboxylic acids is 1. The van der Waals surface area contributed by atoms with E-state index in [-0.39, 0.29) is 6.42 Å². The summed E-state index contributed by atoms with van der Waals surface area (Å²) in [6.45, 7) is 1.84. The number of rotatable bonds is 2. The van der Waals surface area contributed by atoms with Crippen molar-refractivity contribution in [2.75, 3.05) is 0 Å². The summed E-state index contributed by atoms with van der Waals surface area (Å²) >= 11 is 9.12. The lowest BCUT2D eigenvalue weighted by Crippen LogP contribution is -2.02. The minimum Gasteiger partial charge on any atom is -0.481 e. The monoisotopic (exact) mass is 262 g/mol. The highest BCUT2D eigenvalue weighted by atomic mass is 79.9. The number of aliphatic carboxylic acids is 1. The van der Waals surface area contributed by atoms with E-state index in [1.54, 1.807) is 12.1 Å². The zero-order chi connectivity index (χ0) is 10.0. The van der Waals surface area contributed by atoms with Crippen molar-refractivity contribution in [2.45, 2.75) is 13.3 Å². The predicted octanol–water partition coefficient (Wildman–Crippen LogP) is 3.04. The fourth-order valence-corrected chi connectivity index (χ4v) is 1.64. The smallest absolute Gasteiger partial charge is 0.307 e. The maximum atomic E-state index is 10.5. The molecule has 1 aromatic rings. The molecule has 0 amide bonds. The van der Waals surface area contributed by atoms with Crippen molar-refractivity contribution in [3.63, 3.8) is 0 Å². The fraction of sp³-hybridized carbons (Fsp3) is 0.222. The normalized spacial score (nSPS) is 10.1. The van der Waals surface area contributed by atoms with Crippen LogP contribution in [0.4, 0.5) is 0 Å². The van der Waals surface area contributed by atoms with Gasteiger partial charge in [0.15, 0.2) is 0 Å². The van der Waals surface area contributed by atoms with Crippen molar-refractivity contribution in [1.82, 2.24) is 0 Å². The molecule has 0 aliphatic heterocycles. The molecule has 1 aromatic carbocycles. The van der Waals surface area contributed by atoms with Crippen molar-refractivity contribution in [3.8, 4) is 0 Å². The lowest BCUT2D eigenvalue weighted by atomic mass is 10.1. The summed E-state index contributed by atoms with van der Waals surface area (Å²) in [6.07, 6.45) is 0.0294. The van der Waals surface area contributed by atoms with E-state index in [0.717, 1.165) is 15.6 Å². The first-order valence-electron chi connectivity index (χ1n) is 3.67. The van der Waals surface area contributed by atoms with Crippen LogP contribution in [0.25, 0.3) is 0 Å². The molecule has 0 aliphatic carbocycles. The van der Waals surface area contributed by atoms with Crippen LogP contribution in [0.5, 0.6) is 0 Å². The van der Waals surface area contributed by atoms with Crippen molar-refractivity contribution < 1.29 is 9.90 Å². The Balaban J connectivity index is 3.10. The van der Waals surface area contributed by atoms with Gasteiger partial charge in [0.25, 0.3) is 0 Å². The highest BCUT2D eigenvalue weighted by Gasteiger charge is 2.08. The van der Waals surface area contributed by atoms with Gasteiger partial charge in [-0.1, -0.05) is 17.7 Å². The Bertz CT molecular complexity index is 350. The molecule has 13 heavy (non-hydrogen) atoms. The minimum absolute atomic E-state index is 0.0294. The molecule has 0 atom stereocenters. The molecule has 0 bridgehead atoms. The maximum Gasteiger partial charge on any atom is 0.307 e. The van der Waals surface area contributed by atoms with Gasteiger partial charge in [0, 0.05) is 4.47 Å². The lowest BCUT2D eigenvalue weighted by Gasteiger charge is -2.06. The third kappa shape index (κ3) is 2.45. The average Bonchev–Trinajstić information content (AvgIpc) is 2.06. The van der Waals surface area contributed by atoms with E-state index in [1.165, 1.54) is 0 Å². The van der Waals surface area contributed by atoms with Crippen molar-refractivity contribution in [3.05, 3.63) is 32.8 Å². The van der Waals surface area contributed by atoms with Gasteiger partial charge in [-0.25, -0.2) is 0 Å². The molecule has 0 aromatic heterocycles. The molecule has 0 radical (unpaired) electrons. The van der Waals surface area contributed by atoms with Gasteiger partial charge in [-0.05, 0) is 40.0 Å². The summed E-state index contributed by atoms with van der Waals surface area (Å²) in [5, 5.41) is 9.21. The Hall–Kier alpha value is -0.540. The molecular formula is C9H8BrClO2. The molecule has 70 valence electrons. The quantitative estimate of drug-likeness (QED) is 0.890. The Morgan fingerprint density at radius 2 is 2.23 bits per heavy atom. The number of benzene rings is 1. The van der Waals surface area contributed by atoms with Crippen LogP contribution in [0.1, 0.15) is 11.1 Å². The molecule has 2 nitrogen and oxygen atoms in total. The SMILES string of the molecule is Cc1c(CC(=O)O)ccc(Cl)c1Br. The lowest BCUT2D eigenvalue weighted by molar-refractivity contribution is -0.136. The summed E-state index contributed by atoms with van der Waals surface area (Å²) in [4.78, 5) is 10.5. The van der Waals surface area contributed by atoms with E-state index in [1.807, 2.05) is 6.92 Å². The van der Waals surface area contributed by atoms with Crippen LogP contribution < -0.4 is 0 Å². The van der Waals surface area contributed by atoms with Gasteiger partial charge in [-0.3, -0.25) is 4.79 Å². The van der Waals surface area contributed by atoms with Crippen LogP contribution in [0.2, 0.25) is 5.02 Å². The van der Waals surface area contributed by atoms with Crippen molar-refractivity contribution in [2.24, 2.45) is 0 Å². The van der Waals surface area contributed by atoms with E-state index in [0.29, 0.717) is 5.02 Å². The summed E-state index contributed by atoms with van der Waals surface area (Å²) in [5.41, 5.74) is 1.67. The second-order valence-corrected chi connectivity index (χ2v) is 3.92. The van der Waals surface area contributed by atoms with Gasteiger partial charge in [0.1, 0.15) is 0 Å². The highest BCUT2D eigenvalue weighted by molar-refractivity contribution is 9.10. The summed E-state index contributed by atoms with van der Waals surface area (Å²) < 4.78 is 0.771. The molecule has 0 unspecified atom stereocenters. The van der Waals surface area contributed by atoms with Gasteiger partial charge in [0.2, 0.25) is 0 Å². The average molecular weight is 264 g/mol. The summed E-state index contributed by atoms with van der Waals surface area (Å²) in [5.74, 6) is -0.836. The topological polar surface area (TPSA) is 37.3 Å². The molecule has 0 aliphatic rings. The third-order valence-electron chi connectivity index (χ3n) is 1.79. The molecular weight excluding hydrogens is 255 g/mol. The van der Waals surface area contributed by atoms with E-state index >= 15 is 0 Å². The van der Waals surface area contributed by atoms with E-state index in [4.69, 9.17) is 16.7 Å². The van der Waals surface area contributed by atoms with Gasteiger partial charge < -0.3 is 5.11 Å². The number of hydrogen-bond acceptors (Lipinski definition) is 1. The molecule has 0 fully saturated rings. The van der Waals surface area contributed by atoms with Crippen LogP contribution in [0.3, 0.4) is 0 Å². The molecule has 4 heteroatoms. The minimum atomic E-state index is -0.836. The highest BCUT2D eigenvalue weighted by Crippen LogP contribution is 2.28. The summed E-state index contributed by atoms with van der Waals surface area (Å²) in [6, 6.07) is 3.42. The number of hydrogen-bond donors (Lipinski definition) is 1. The molecule has 1 N–H and O–H groups in total. The van der Waals surface area contributed by atoms with Crippen molar-refractivity contribution in [1.29, 1.82) is 0 Å². The van der Waals surface area contributed by atoms with Crippen LogP contribution in [0.15, 0.2) is 16.6 Å². The number of carbonyl (C=O) groups is 1. The van der Waals surface area contributed by atoms with Crippen LogP contribution in [-0.2, 0) is 11.2 Å². The standard InChI is InChI=1S/C9H8BrClO2/c1-5-6(4-8(12)13)2-3-7(11)9(5)10/h2-3H,4H2,1H3,(H,12,13). The first-order valence-corrected chi connectivity index (χ1v) is 4.84. The van der Waals surface area contributed by atoms with E-state index in [9.17, 15) is 4.79 Å². The predicted molar refractivity (Wildman–Crippen MR) is 55.2 cm³/mol. The second kappa shape index (κ2) is 4.11. The van der Waals surface area contributed by atoms with E-state index < -0.39 is 5.97 Å². The first-order chi connectivity index (χ1) is 6.02. The molecule has 0 saturated heterocycles. The summed E-state index contributed by atoms with van der Waals surface area (Å²) in [7, 11) is 0.